The van der Waals surface area contributed by atoms with E-state index in [9.17, 15) is 28.1 Å². The van der Waals surface area contributed by atoms with E-state index in [1.165, 1.54) is 0 Å². The van der Waals surface area contributed by atoms with Crippen LogP contribution in [-0.2, 0) is 24.4 Å². The van der Waals surface area contributed by atoms with Crippen molar-refractivity contribution in [3.05, 3.63) is 50.8 Å². The zero-order valence-electron chi connectivity index (χ0n) is 16.9. The van der Waals surface area contributed by atoms with Crippen LogP contribution >= 0.6 is 0 Å². The molecule has 11 heteroatoms. The topological polar surface area (TPSA) is 84.5 Å². The van der Waals surface area contributed by atoms with Crippen molar-refractivity contribution >= 4 is 17.3 Å². The summed E-state index contributed by atoms with van der Waals surface area (Å²) in [5, 5.41) is 15.6. The third-order valence-electron chi connectivity index (χ3n) is 5.46. The van der Waals surface area contributed by atoms with Crippen molar-refractivity contribution in [2.24, 2.45) is 7.05 Å². The number of carbonyl (C=O) groups is 1. The maximum atomic E-state index is 12.9. The normalized spacial score (nSPS) is 14.9. The number of carbonyl (C=O) groups excluding carboxylic acids is 1. The van der Waals surface area contributed by atoms with E-state index in [2.05, 4.69) is 5.10 Å². The van der Waals surface area contributed by atoms with Gasteiger partial charge in [0.15, 0.2) is 0 Å². The van der Waals surface area contributed by atoms with Crippen LogP contribution in [0.3, 0.4) is 0 Å². The molecule has 0 N–H and O–H groups in total. The third-order valence-corrected chi connectivity index (χ3v) is 5.46. The van der Waals surface area contributed by atoms with E-state index >= 15 is 0 Å². The number of piperazine rings is 1. The predicted molar refractivity (Wildman–Crippen MR) is 103 cm³/mol. The highest BCUT2D eigenvalue weighted by molar-refractivity contribution is 5.79. The summed E-state index contributed by atoms with van der Waals surface area (Å²) in [6.45, 7) is 4.98. The van der Waals surface area contributed by atoms with Crippen LogP contribution in [0, 0.1) is 24.0 Å². The minimum Gasteiger partial charge on any atom is -0.362 e. The molecule has 1 amide bonds. The minimum absolute atomic E-state index is 0.0734. The lowest BCUT2D eigenvalue weighted by molar-refractivity contribution is -0.384. The van der Waals surface area contributed by atoms with Crippen LogP contribution in [0.15, 0.2) is 18.2 Å². The minimum atomic E-state index is -4.66. The lowest BCUT2D eigenvalue weighted by atomic mass is 10.1. The number of hydrogen-bond acceptors (Lipinski definition) is 5. The molecule has 162 valence electrons. The highest BCUT2D eigenvalue weighted by Gasteiger charge is 2.34. The second kappa shape index (κ2) is 7.96. The molecule has 8 nitrogen and oxygen atoms in total. The molecule has 0 aliphatic carbocycles. The molecule has 1 aliphatic heterocycles. The summed E-state index contributed by atoms with van der Waals surface area (Å²) < 4.78 is 40.4. The molecule has 2 aromatic rings. The first-order valence-electron chi connectivity index (χ1n) is 9.36. The fraction of sp³-hybridized carbons (Fsp3) is 0.474. The molecule has 1 aromatic heterocycles. The Morgan fingerprint density at radius 3 is 2.33 bits per heavy atom. The summed E-state index contributed by atoms with van der Waals surface area (Å²) in [7, 11) is 1.81. The molecule has 0 unspecified atom stereocenters. The molecule has 1 fully saturated rings. The number of aryl methyl sites for hydroxylation is 2. The molecule has 0 saturated carbocycles. The lowest BCUT2D eigenvalue weighted by Gasteiger charge is -2.36. The smallest absolute Gasteiger partial charge is 0.362 e. The quantitative estimate of drug-likeness (QED) is 0.556. The molecule has 1 aliphatic rings. The summed E-state index contributed by atoms with van der Waals surface area (Å²) >= 11 is 0. The van der Waals surface area contributed by atoms with E-state index in [1.807, 2.05) is 20.9 Å². The van der Waals surface area contributed by atoms with Crippen molar-refractivity contribution < 1.29 is 22.9 Å². The highest BCUT2D eigenvalue weighted by atomic mass is 19.4. The Labute approximate surface area is 171 Å². The van der Waals surface area contributed by atoms with E-state index in [4.69, 9.17) is 0 Å². The zero-order chi connectivity index (χ0) is 22.2. The van der Waals surface area contributed by atoms with Gasteiger partial charge < -0.3 is 9.80 Å². The number of benzene rings is 1. The average molecular weight is 425 g/mol. The monoisotopic (exact) mass is 425 g/mol. The predicted octanol–water partition coefficient (Wildman–Crippen LogP) is 2.86. The molecule has 0 radical (unpaired) electrons. The Kier molecular flexibility index (Phi) is 5.73. The Hall–Kier alpha value is -3.11. The van der Waals surface area contributed by atoms with Gasteiger partial charge in [0, 0.05) is 50.6 Å². The van der Waals surface area contributed by atoms with Gasteiger partial charge in [-0.15, -0.1) is 0 Å². The molecule has 0 atom stereocenters. The number of halogens is 3. The van der Waals surface area contributed by atoms with Gasteiger partial charge in [0.1, 0.15) is 5.69 Å². The second-order valence-corrected chi connectivity index (χ2v) is 7.28. The Bertz CT molecular complexity index is 979. The van der Waals surface area contributed by atoms with Crippen LogP contribution in [0.1, 0.15) is 22.5 Å². The summed E-state index contributed by atoms with van der Waals surface area (Å²) in [6.07, 6.45) is -4.44. The molecule has 0 spiro atoms. The largest absolute Gasteiger partial charge is 0.416 e. The maximum Gasteiger partial charge on any atom is 0.416 e. The molecule has 1 saturated heterocycles. The number of nitrogens with zero attached hydrogens (tertiary/aromatic N) is 5. The molecule has 30 heavy (non-hydrogen) atoms. The van der Waals surface area contributed by atoms with Crippen molar-refractivity contribution in [3.63, 3.8) is 0 Å². The fourth-order valence-corrected chi connectivity index (χ4v) is 3.65. The number of rotatable bonds is 4. The van der Waals surface area contributed by atoms with Crippen molar-refractivity contribution in [1.29, 1.82) is 0 Å². The van der Waals surface area contributed by atoms with E-state index in [-0.39, 0.29) is 18.0 Å². The van der Waals surface area contributed by atoms with E-state index < -0.39 is 22.4 Å². The van der Waals surface area contributed by atoms with Crippen LogP contribution in [0.2, 0.25) is 0 Å². The highest BCUT2D eigenvalue weighted by Crippen LogP contribution is 2.36. The van der Waals surface area contributed by atoms with Crippen molar-refractivity contribution in [1.82, 2.24) is 14.7 Å². The molecular formula is C19H22F3N5O3. The summed E-state index contributed by atoms with van der Waals surface area (Å²) in [5.41, 5.74) is 1.06. The first-order chi connectivity index (χ1) is 14.0. The molecule has 1 aromatic carbocycles. The second-order valence-electron chi connectivity index (χ2n) is 7.28. The van der Waals surface area contributed by atoms with Crippen molar-refractivity contribution in [3.8, 4) is 0 Å². The van der Waals surface area contributed by atoms with Crippen LogP contribution in [0.5, 0.6) is 0 Å². The number of anilines is 1. The number of aromatic nitrogens is 2. The van der Waals surface area contributed by atoms with Crippen LogP contribution in [0.4, 0.5) is 24.5 Å². The van der Waals surface area contributed by atoms with Crippen LogP contribution in [-0.4, -0.2) is 51.7 Å². The van der Waals surface area contributed by atoms with Crippen LogP contribution in [0.25, 0.3) is 0 Å². The van der Waals surface area contributed by atoms with E-state index in [1.54, 1.807) is 14.5 Å². The SMILES string of the molecule is Cc1nn(C)c(C)c1CC(=O)N1CCN(c2ccc(C(F)(F)F)cc2[N+](=O)[O-])CC1. The zero-order valence-corrected chi connectivity index (χ0v) is 16.9. The molecule has 2 heterocycles. The summed E-state index contributed by atoms with van der Waals surface area (Å²) in [6, 6.07) is 2.52. The first-order valence-corrected chi connectivity index (χ1v) is 9.36. The number of nitro benzene ring substituents is 1. The first kappa shape index (κ1) is 21.6. The van der Waals surface area contributed by atoms with Gasteiger partial charge in [-0.25, -0.2) is 0 Å². The molecule has 0 bridgehead atoms. The van der Waals surface area contributed by atoms with Gasteiger partial charge in [-0.3, -0.25) is 19.6 Å². The maximum absolute atomic E-state index is 12.9. The Morgan fingerprint density at radius 1 is 1.20 bits per heavy atom. The van der Waals surface area contributed by atoms with E-state index in [0.29, 0.717) is 32.2 Å². The van der Waals surface area contributed by atoms with Gasteiger partial charge in [-0.05, 0) is 26.0 Å². The van der Waals surface area contributed by atoms with Crippen molar-refractivity contribution in [2.75, 3.05) is 31.1 Å². The van der Waals surface area contributed by atoms with Gasteiger partial charge in [0.05, 0.1) is 22.6 Å². The van der Waals surface area contributed by atoms with Crippen LogP contribution < -0.4 is 4.90 Å². The van der Waals surface area contributed by atoms with Gasteiger partial charge in [0.2, 0.25) is 5.91 Å². The van der Waals surface area contributed by atoms with Gasteiger partial charge in [-0.2, -0.15) is 18.3 Å². The summed E-state index contributed by atoms with van der Waals surface area (Å²) in [5.74, 6) is -0.0734. The standard InChI is InChI=1S/C19H22F3N5O3/c1-12-15(13(2)24(3)23-12)11-18(28)26-8-6-25(7-9-26)16-5-4-14(19(20,21)22)10-17(16)27(29)30/h4-5,10H,6-9,11H2,1-3H3. The number of alkyl halides is 3. The van der Waals surface area contributed by atoms with E-state index in [0.717, 1.165) is 29.1 Å². The number of nitro groups is 1. The number of hydrogen-bond donors (Lipinski definition) is 0. The average Bonchev–Trinajstić information content (AvgIpc) is 2.93. The lowest BCUT2D eigenvalue weighted by Crippen LogP contribution is -2.49. The summed E-state index contributed by atoms with van der Waals surface area (Å²) in [4.78, 5) is 26.5. The van der Waals surface area contributed by atoms with Gasteiger partial charge >= 0.3 is 6.18 Å². The van der Waals surface area contributed by atoms with Crippen molar-refractivity contribution in [2.45, 2.75) is 26.4 Å². The van der Waals surface area contributed by atoms with Gasteiger partial charge in [0.25, 0.3) is 5.69 Å². The number of amides is 1. The third kappa shape index (κ3) is 4.24. The Balaban J connectivity index is 1.71. The molecule has 3 rings (SSSR count). The fourth-order valence-electron chi connectivity index (χ4n) is 3.65. The van der Waals surface area contributed by atoms with Gasteiger partial charge in [-0.1, -0.05) is 0 Å². The molecular weight excluding hydrogens is 403 g/mol. The Morgan fingerprint density at radius 2 is 1.83 bits per heavy atom.